The summed E-state index contributed by atoms with van der Waals surface area (Å²) in [4.78, 5) is 0. The van der Waals surface area contributed by atoms with Crippen LogP contribution in [0.25, 0.3) is 0 Å². The lowest BCUT2D eigenvalue weighted by Gasteiger charge is -2.31. The zero-order valence-corrected chi connectivity index (χ0v) is 19.9. The third kappa shape index (κ3) is 5.35. The fraction of sp³-hybridized carbons (Fsp3) is 0.630. The molecule has 188 valence electrons. The van der Waals surface area contributed by atoms with Crippen LogP contribution in [0.1, 0.15) is 80.8 Å². The van der Waals surface area contributed by atoms with Crippen LogP contribution in [0, 0.1) is 17.6 Å². The van der Waals surface area contributed by atoms with Crippen LogP contribution in [-0.4, -0.2) is 33.0 Å². The average Bonchev–Trinajstić information content (AvgIpc) is 2.87. The number of rotatable bonds is 7. The summed E-state index contributed by atoms with van der Waals surface area (Å²) in [6.45, 7) is 0.0884. The van der Waals surface area contributed by atoms with Crippen LogP contribution >= 0.6 is 0 Å². The van der Waals surface area contributed by atoms with Crippen molar-refractivity contribution in [1.82, 2.24) is 0 Å². The first kappa shape index (κ1) is 25.2. The summed E-state index contributed by atoms with van der Waals surface area (Å²) in [5, 5.41) is 0. The summed E-state index contributed by atoms with van der Waals surface area (Å²) in [6.07, 6.45) is 8.01. The van der Waals surface area contributed by atoms with Gasteiger partial charge in [0, 0.05) is 13.0 Å². The Morgan fingerprint density at radius 1 is 0.765 bits per heavy atom. The number of ether oxygens (including phenoxy) is 3. The lowest BCUT2D eigenvalue weighted by atomic mass is 9.79. The van der Waals surface area contributed by atoms with Gasteiger partial charge in [-0.05, 0) is 86.8 Å². The van der Waals surface area contributed by atoms with E-state index >= 15 is 4.39 Å². The lowest BCUT2D eigenvalue weighted by molar-refractivity contribution is 0.00611. The molecule has 1 aromatic rings. The molecule has 0 saturated heterocycles. The molecule has 0 aliphatic heterocycles. The molecule has 0 spiro atoms. The monoisotopic (exact) mass is 482 g/mol. The second kappa shape index (κ2) is 11.3. The third-order valence-electron chi connectivity index (χ3n) is 7.83. The van der Waals surface area contributed by atoms with E-state index in [0.717, 1.165) is 25.7 Å². The molecule has 1 aromatic carbocycles. The molecule has 0 amide bonds. The maximum atomic E-state index is 15.0. The first-order chi connectivity index (χ1) is 16.4. The van der Waals surface area contributed by atoms with E-state index in [1.165, 1.54) is 13.2 Å². The molecule has 4 rings (SSSR count). The summed E-state index contributed by atoms with van der Waals surface area (Å²) in [6, 6.07) is 3.52. The van der Waals surface area contributed by atoms with Gasteiger partial charge in [0.15, 0.2) is 23.2 Å². The molecule has 3 aliphatic rings. The average molecular weight is 483 g/mol. The fourth-order valence-electron chi connectivity index (χ4n) is 5.67. The van der Waals surface area contributed by atoms with Crippen molar-refractivity contribution in [3.63, 3.8) is 0 Å². The number of methoxy groups -OCH3 is 2. The Labute approximate surface area is 199 Å². The van der Waals surface area contributed by atoms with Gasteiger partial charge < -0.3 is 14.2 Å². The second-order valence-corrected chi connectivity index (χ2v) is 9.76. The van der Waals surface area contributed by atoms with E-state index in [9.17, 15) is 13.2 Å². The largest absolute Gasteiger partial charge is 0.494 e. The molecule has 2 fully saturated rings. The van der Waals surface area contributed by atoms with Crippen molar-refractivity contribution in [2.75, 3.05) is 20.8 Å². The van der Waals surface area contributed by atoms with Gasteiger partial charge in [-0.1, -0.05) is 12.1 Å². The maximum Gasteiger partial charge on any atom is 0.196 e. The fourth-order valence-corrected chi connectivity index (χ4v) is 5.67. The number of allylic oxidation sites excluding steroid dienone is 2. The number of hydrogen-bond donors (Lipinski definition) is 0. The van der Waals surface area contributed by atoms with Crippen LogP contribution in [0.2, 0.25) is 0 Å². The van der Waals surface area contributed by atoms with Gasteiger partial charge in [0.05, 0.1) is 25.9 Å². The number of benzene rings is 1. The SMILES string of the molecule is COC1=CCC(COC2CCC(c3ccc(C4CCC(OC)CC4)c(F)c3F)CC2)C(F)=C1F. The summed E-state index contributed by atoms with van der Waals surface area (Å²) in [5.74, 6) is -3.98. The van der Waals surface area contributed by atoms with Crippen LogP contribution in [0.4, 0.5) is 17.6 Å². The van der Waals surface area contributed by atoms with Crippen molar-refractivity contribution in [3.05, 3.63) is 58.4 Å². The van der Waals surface area contributed by atoms with E-state index < -0.39 is 29.2 Å². The van der Waals surface area contributed by atoms with Crippen LogP contribution in [0.5, 0.6) is 0 Å². The van der Waals surface area contributed by atoms with Crippen LogP contribution in [-0.2, 0) is 14.2 Å². The molecule has 2 saturated carbocycles. The van der Waals surface area contributed by atoms with Gasteiger partial charge in [-0.25, -0.2) is 17.6 Å². The molecule has 0 bridgehead atoms. The molecule has 3 nitrogen and oxygen atoms in total. The van der Waals surface area contributed by atoms with Crippen molar-refractivity contribution >= 4 is 0 Å². The molecule has 1 unspecified atom stereocenters. The topological polar surface area (TPSA) is 27.7 Å². The highest BCUT2D eigenvalue weighted by molar-refractivity contribution is 5.32. The Morgan fingerprint density at radius 2 is 1.29 bits per heavy atom. The first-order valence-corrected chi connectivity index (χ1v) is 12.3. The van der Waals surface area contributed by atoms with E-state index in [0.29, 0.717) is 43.2 Å². The Kier molecular flexibility index (Phi) is 8.35. The Hall–Kier alpha value is -1.86. The summed E-state index contributed by atoms with van der Waals surface area (Å²) < 4.78 is 74.3. The van der Waals surface area contributed by atoms with Crippen molar-refractivity contribution in [3.8, 4) is 0 Å². The maximum absolute atomic E-state index is 15.0. The van der Waals surface area contributed by atoms with Gasteiger partial charge in [-0.15, -0.1) is 0 Å². The predicted molar refractivity (Wildman–Crippen MR) is 122 cm³/mol. The summed E-state index contributed by atoms with van der Waals surface area (Å²) in [5.41, 5.74) is 0.916. The molecule has 3 aliphatic carbocycles. The Morgan fingerprint density at radius 3 is 1.79 bits per heavy atom. The third-order valence-corrected chi connectivity index (χ3v) is 7.83. The van der Waals surface area contributed by atoms with Gasteiger partial charge >= 0.3 is 0 Å². The molecular formula is C27H34F4O3. The Bertz CT molecular complexity index is 913. The molecule has 7 heteroatoms. The minimum Gasteiger partial charge on any atom is -0.494 e. The van der Waals surface area contributed by atoms with Crippen molar-refractivity contribution < 1.29 is 31.8 Å². The smallest absolute Gasteiger partial charge is 0.196 e. The normalized spacial score (nSPS) is 30.3. The van der Waals surface area contributed by atoms with Crippen molar-refractivity contribution in [1.29, 1.82) is 0 Å². The minimum atomic E-state index is -0.959. The van der Waals surface area contributed by atoms with E-state index in [1.807, 2.05) is 0 Å². The zero-order chi connectivity index (χ0) is 24.2. The number of halogens is 4. The lowest BCUT2D eigenvalue weighted by Crippen LogP contribution is -2.25. The number of hydrogen-bond acceptors (Lipinski definition) is 3. The molecule has 0 radical (unpaired) electrons. The van der Waals surface area contributed by atoms with Crippen LogP contribution < -0.4 is 0 Å². The van der Waals surface area contributed by atoms with Crippen molar-refractivity contribution in [2.45, 2.75) is 81.8 Å². The molecule has 34 heavy (non-hydrogen) atoms. The highest BCUT2D eigenvalue weighted by Gasteiger charge is 2.31. The van der Waals surface area contributed by atoms with E-state index in [1.54, 1.807) is 19.2 Å². The van der Waals surface area contributed by atoms with Gasteiger partial charge in [0.2, 0.25) is 0 Å². The highest BCUT2D eigenvalue weighted by atomic mass is 19.2. The molecule has 0 N–H and O–H groups in total. The summed E-state index contributed by atoms with van der Waals surface area (Å²) in [7, 11) is 3.00. The molecular weight excluding hydrogens is 448 g/mol. The van der Waals surface area contributed by atoms with E-state index in [4.69, 9.17) is 14.2 Å². The van der Waals surface area contributed by atoms with Crippen LogP contribution in [0.3, 0.4) is 0 Å². The Balaban J connectivity index is 1.30. The predicted octanol–water partition coefficient (Wildman–Crippen LogP) is 7.38. The molecule has 0 aromatic heterocycles. The van der Waals surface area contributed by atoms with E-state index in [2.05, 4.69) is 0 Å². The minimum absolute atomic E-state index is 0.0352. The van der Waals surface area contributed by atoms with Crippen molar-refractivity contribution in [2.24, 2.45) is 5.92 Å². The van der Waals surface area contributed by atoms with Gasteiger partial charge in [-0.2, -0.15) is 0 Å². The molecule has 0 heterocycles. The summed E-state index contributed by atoms with van der Waals surface area (Å²) >= 11 is 0. The van der Waals surface area contributed by atoms with Crippen LogP contribution in [0.15, 0.2) is 35.6 Å². The first-order valence-electron chi connectivity index (χ1n) is 12.3. The van der Waals surface area contributed by atoms with E-state index in [-0.39, 0.29) is 36.4 Å². The van der Waals surface area contributed by atoms with Gasteiger partial charge in [0.25, 0.3) is 0 Å². The second-order valence-electron chi connectivity index (χ2n) is 9.76. The molecule has 1 atom stereocenters. The highest BCUT2D eigenvalue weighted by Crippen LogP contribution is 2.40. The van der Waals surface area contributed by atoms with Gasteiger partial charge in [-0.3, -0.25) is 0 Å². The van der Waals surface area contributed by atoms with Gasteiger partial charge in [0.1, 0.15) is 5.83 Å². The standard InChI is InChI=1S/C27H34F4O3/c1-32-19-8-3-16(4-9-19)21-12-13-22(26(30)25(21)29)17-5-10-20(11-6-17)34-15-18-7-14-23(33-2)27(31)24(18)28/h12-14,16-20H,3-11,15H2,1-2H3. The quantitative estimate of drug-likeness (QED) is 0.380. The zero-order valence-electron chi connectivity index (χ0n) is 19.9.